The highest BCUT2D eigenvalue weighted by atomic mass is 31.2. The van der Waals surface area contributed by atoms with Gasteiger partial charge in [0.1, 0.15) is 0 Å². The summed E-state index contributed by atoms with van der Waals surface area (Å²) in [5.74, 6) is 0. The first-order valence-corrected chi connectivity index (χ1v) is 9.60. The molecule has 0 aromatic heterocycles. The number of rotatable bonds is 10. The van der Waals surface area contributed by atoms with Gasteiger partial charge in [0, 0.05) is 6.42 Å². The number of phosphoric acid groups is 1. The van der Waals surface area contributed by atoms with Gasteiger partial charge in [-0.3, -0.25) is 14.0 Å². The molecule has 122 valence electrons. The van der Waals surface area contributed by atoms with E-state index in [9.17, 15) is 18.9 Å². The maximum Gasteiger partial charge on any atom is 0.471 e. The van der Waals surface area contributed by atoms with E-state index in [4.69, 9.17) is 9.79 Å². The highest BCUT2D eigenvalue weighted by molar-refractivity contribution is 7.54. The third kappa shape index (κ3) is 6.33. The van der Waals surface area contributed by atoms with Crippen molar-refractivity contribution in [2.24, 2.45) is 0 Å². The number of nitrogens with zero attached hydrogens (tertiary/aromatic N) is 1. The lowest BCUT2D eigenvalue weighted by atomic mass is 10.1. The Morgan fingerprint density at radius 1 is 1.00 bits per heavy atom. The second kappa shape index (κ2) is 8.01. The maximum absolute atomic E-state index is 11.7. The summed E-state index contributed by atoms with van der Waals surface area (Å²) in [6, 6.07) is 0. The van der Waals surface area contributed by atoms with Gasteiger partial charge in [0.15, 0.2) is 0 Å². The largest absolute Gasteiger partial charge is 0.471 e. The van der Waals surface area contributed by atoms with Crippen LogP contribution >= 0.6 is 15.4 Å². The topological polar surface area (TPSA) is 128 Å². The van der Waals surface area contributed by atoms with Gasteiger partial charge in [-0.2, -0.15) is 0 Å². The van der Waals surface area contributed by atoms with Gasteiger partial charge in [-0.1, -0.05) is 32.6 Å². The summed E-state index contributed by atoms with van der Waals surface area (Å²) in [4.78, 5) is 37.8. The van der Waals surface area contributed by atoms with Crippen molar-refractivity contribution in [1.82, 2.24) is 4.90 Å². The lowest BCUT2D eigenvalue weighted by molar-refractivity contribution is -0.0328. The molecule has 0 aliphatic heterocycles. The van der Waals surface area contributed by atoms with E-state index in [2.05, 4.69) is 4.52 Å². The van der Waals surface area contributed by atoms with Crippen LogP contribution in [-0.2, 0) is 13.7 Å². The van der Waals surface area contributed by atoms with Crippen molar-refractivity contribution in [3.63, 3.8) is 0 Å². The van der Waals surface area contributed by atoms with Crippen molar-refractivity contribution < 1.29 is 33.2 Å². The van der Waals surface area contributed by atoms with E-state index < -0.39 is 20.9 Å². The summed E-state index contributed by atoms with van der Waals surface area (Å²) in [6.07, 6.45) is 3.90. The first-order valence-electron chi connectivity index (χ1n) is 6.45. The maximum atomic E-state index is 11.7. The van der Waals surface area contributed by atoms with Crippen molar-refractivity contribution in [1.29, 1.82) is 0 Å². The molecule has 0 saturated heterocycles. The molecule has 0 amide bonds. The molecule has 0 aromatic rings. The molecular weight excluding hydrogens is 308 g/mol. The summed E-state index contributed by atoms with van der Waals surface area (Å²) >= 11 is 0. The fourth-order valence-corrected chi connectivity index (χ4v) is 4.31. The molecule has 4 N–H and O–H groups in total. The molecule has 0 aromatic carbocycles. The van der Waals surface area contributed by atoms with Crippen LogP contribution in [0.15, 0.2) is 0 Å². The summed E-state index contributed by atoms with van der Waals surface area (Å²) in [7, 11) is -7.30. The molecule has 0 saturated carbocycles. The van der Waals surface area contributed by atoms with Gasteiger partial charge in [0.05, 0.1) is 0 Å². The Morgan fingerprint density at radius 3 is 1.85 bits per heavy atom. The number of unbranched alkanes of at least 4 members (excludes halogenated alkanes) is 4. The van der Waals surface area contributed by atoms with Gasteiger partial charge in [0.25, 0.3) is 0 Å². The Morgan fingerprint density at radius 2 is 1.50 bits per heavy atom. The van der Waals surface area contributed by atoms with Crippen LogP contribution in [0.1, 0.15) is 45.4 Å². The third-order valence-electron chi connectivity index (χ3n) is 3.03. The molecule has 0 bridgehead atoms. The Bertz CT molecular complexity index is 378. The van der Waals surface area contributed by atoms with E-state index >= 15 is 0 Å². The lowest BCUT2D eigenvalue weighted by Crippen LogP contribution is -2.45. The van der Waals surface area contributed by atoms with Crippen molar-refractivity contribution in [3.05, 3.63) is 0 Å². The second-order valence-electron chi connectivity index (χ2n) is 4.93. The fourth-order valence-electron chi connectivity index (χ4n) is 1.96. The smallest absolute Gasteiger partial charge is 0.321 e. The highest BCUT2D eigenvalue weighted by Gasteiger charge is 2.53. The molecule has 20 heavy (non-hydrogen) atoms. The van der Waals surface area contributed by atoms with Crippen LogP contribution in [0.2, 0.25) is 0 Å². The van der Waals surface area contributed by atoms with Crippen LogP contribution in [0.25, 0.3) is 0 Å². The Balaban J connectivity index is 5.03. The Kier molecular flexibility index (Phi) is 8.10. The van der Waals surface area contributed by atoms with Gasteiger partial charge in [0.2, 0.25) is 5.47 Å². The van der Waals surface area contributed by atoms with Gasteiger partial charge in [-0.05, 0) is 20.5 Å². The van der Waals surface area contributed by atoms with Crippen LogP contribution in [-0.4, -0.2) is 44.0 Å². The van der Waals surface area contributed by atoms with Crippen molar-refractivity contribution in [2.75, 3.05) is 14.1 Å². The van der Waals surface area contributed by atoms with Crippen LogP contribution < -0.4 is 0 Å². The standard InChI is InChI=1S/C10H25NO7P2/c1-4-5-6-7-8-9-10(11(2)3,19(12,13)14)18-20(15,16)17/h4-9H2,1-3H3,(H2,12,13,14)(H2,15,16,17). The quantitative estimate of drug-likeness (QED) is 0.271. The molecule has 0 aliphatic rings. The van der Waals surface area contributed by atoms with Gasteiger partial charge in [-0.15, -0.1) is 0 Å². The van der Waals surface area contributed by atoms with Gasteiger partial charge >= 0.3 is 15.4 Å². The zero-order chi connectivity index (χ0) is 16.0. The van der Waals surface area contributed by atoms with E-state index in [1.165, 1.54) is 14.1 Å². The molecule has 1 unspecified atom stereocenters. The van der Waals surface area contributed by atoms with Crippen molar-refractivity contribution >= 4 is 15.4 Å². The normalized spacial score (nSPS) is 16.4. The second-order valence-corrected chi connectivity index (χ2v) is 7.88. The summed E-state index contributed by atoms with van der Waals surface area (Å²) in [5, 5.41) is 0. The average Bonchev–Trinajstić information content (AvgIpc) is 2.23. The molecule has 8 nitrogen and oxygen atoms in total. The van der Waals surface area contributed by atoms with E-state index in [1.807, 2.05) is 6.92 Å². The van der Waals surface area contributed by atoms with E-state index in [1.54, 1.807) is 0 Å². The van der Waals surface area contributed by atoms with E-state index in [0.29, 0.717) is 12.8 Å². The summed E-state index contributed by atoms with van der Waals surface area (Å²) < 4.78 is 27.2. The van der Waals surface area contributed by atoms with Crippen LogP contribution in [0.4, 0.5) is 0 Å². The molecule has 0 heterocycles. The first kappa shape index (κ1) is 20.2. The molecule has 10 heteroatoms. The number of phosphoric ester groups is 1. The SMILES string of the molecule is CCCCCCCC(OP(=O)(O)O)(N(C)C)P(=O)(O)O. The third-order valence-corrected chi connectivity index (χ3v) is 5.33. The minimum atomic E-state index is -5.03. The van der Waals surface area contributed by atoms with E-state index in [0.717, 1.165) is 24.2 Å². The van der Waals surface area contributed by atoms with Crippen molar-refractivity contribution in [3.8, 4) is 0 Å². The Hall–Kier alpha value is 0.220. The van der Waals surface area contributed by atoms with E-state index in [-0.39, 0.29) is 6.42 Å². The minimum absolute atomic E-state index is 0.154. The summed E-state index contributed by atoms with van der Waals surface area (Å²) in [6.45, 7) is 2.04. The monoisotopic (exact) mass is 333 g/mol. The van der Waals surface area contributed by atoms with Crippen LogP contribution in [0.3, 0.4) is 0 Å². The number of hydrogen-bond acceptors (Lipinski definition) is 4. The predicted molar refractivity (Wildman–Crippen MR) is 75.0 cm³/mol. The number of hydrogen-bond donors (Lipinski definition) is 4. The highest BCUT2D eigenvalue weighted by Crippen LogP contribution is 2.61. The molecule has 1 atom stereocenters. The summed E-state index contributed by atoms with van der Waals surface area (Å²) in [5.41, 5.74) is -2.29. The van der Waals surface area contributed by atoms with Crippen LogP contribution in [0, 0.1) is 0 Å². The van der Waals surface area contributed by atoms with Gasteiger partial charge < -0.3 is 19.6 Å². The minimum Gasteiger partial charge on any atom is -0.321 e. The Labute approximate surface area is 119 Å². The predicted octanol–water partition coefficient (Wildman–Crippen LogP) is 1.85. The first-order chi connectivity index (χ1) is 8.96. The fraction of sp³-hybridized carbons (Fsp3) is 1.00. The lowest BCUT2D eigenvalue weighted by Gasteiger charge is -2.39. The molecule has 0 fully saturated rings. The average molecular weight is 333 g/mol. The van der Waals surface area contributed by atoms with Gasteiger partial charge in [-0.25, -0.2) is 4.57 Å². The molecular formula is C10H25NO7P2. The molecule has 0 aliphatic carbocycles. The molecule has 0 radical (unpaired) electrons. The van der Waals surface area contributed by atoms with Crippen LogP contribution in [0.5, 0.6) is 0 Å². The zero-order valence-electron chi connectivity index (χ0n) is 12.1. The zero-order valence-corrected chi connectivity index (χ0v) is 13.9. The molecule has 0 spiro atoms. The molecule has 0 rings (SSSR count). The van der Waals surface area contributed by atoms with Crippen molar-refractivity contribution in [2.45, 2.75) is 50.9 Å².